The maximum atomic E-state index is 14.0. The largest absolute Gasteiger partial charge is 0.508 e. The molecule has 75 heavy (non-hydrogen) atoms. The van der Waals surface area contributed by atoms with E-state index in [1.54, 1.807) is 0 Å². The first-order chi connectivity index (χ1) is 35.4. The van der Waals surface area contributed by atoms with E-state index >= 15 is 0 Å². The molecule has 8 amide bonds. The van der Waals surface area contributed by atoms with E-state index in [4.69, 9.17) is 22.9 Å². The molecular weight excluding hydrogens is 995 g/mol. The number of nitrogens with one attached hydrogen (secondary N) is 9. The molecule has 0 saturated carbocycles. The summed E-state index contributed by atoms with van der Waals surface area (Å²) in [6.45, 7) is 0.332. The first kappa shape index (κ1) is 63.1. The van der Waals surface area contributed by atoms with Gasteiger partial charge in [-0.25, -0.2) is 9.78 Å². The smallest absolute Gasteiger partial charge is 0.326 e. The molecule has 10 atom stereocenters. The number of aromatic nitrogens is 2. The second-order valence-electron chi connectivity index (χ2n) is 17.1. The van der Waals surface area contributed by atoms with Crippen LogP contribution in [-0.2, 0) is 60.8 Å². The summed E-state index contributed by atoms with van der Waals surface area (Å²) in [6.07, 6.45) is 0.435. The number of carbonyl (C=O) groups is 10. The Bertz CT molecular complexity index is 2260. The van der Waals surface area contributed by atoms with E-state index in [0.717, 1.165) is 6.92 Å². The number of hydrogen-bond donors (Lipinski definition) is 19. The van der Waals surface area contributed by atoms with Crippen molar-refractivity contribution in [1.82, 2.24) is 52.5 Å². The molecule has 416 valence electrons. The van der Waals surface area contributed by atoms with Gasteiger partial charge in [0.2, 0.25) is 47.3 Å². The van der Waals surface area contributed by atoms with Crippen molar-refractivity contribution in [3.8, 4) is 5.75 Å². The Kier molecular flexibility index (Phi) is 27.1. The first-order valence-electron chi connectivity index (χ1n) is 23.4. The van der Waals surface area contributed by atoms with E-state index in [9.17, 15) is 78.6 Å². The number of carboxylic acid groups (broad SMARTS) is 2. The minimum Gasteiger partial charge on any atom is -0.508 e. The lowest BCUT2D eigenvalue weighted by molar-refractivity contribution is -0.142. The molecule has 0 spiro atoms. The van der Waals surface area contributed by atoms with Crippen molar-refractivity contribution in [2.24, 2.45) is 27.9 Å². The van der Waals surface area contributed by atoms with E-state index in [2.05, 4.69) is 57.5 Å². The summed E-state index contributed by atoms with van der Waals surface area (Å²) >= 11 is 0. The van der Waals surface area contributed by atoms with Crippen LogP contribution in [0.2, 0.25) is 0 Å². The molecule has 31 heteroatoms. The molecule has 0 unspecified atom stereocenters. The molecule has 0 fully saturated rings. The van der Waals surface area contributed by atoms with Gasteiger partial charge in [-0.3, -0.25) is 48.1 Å². The Morgan fingerprint density at radius 3 is 1.69 bits per heavy atom. The van der Waals surface area contributed by atoms with Crippen molar-refractivity contribution in [2.75, 3.05) is 26.3 Å². The Hall–Kier alpha value is -8.00. The summed E-state index contributed by atoms with van der Waals surface area (Å²) < 4.78 is 0. The number of phenols is 1. The third-order valence-corrected chi connectivity index (χ3v) is 10.9. The van der Waals surface area contributed by atoms with E-state index in [0.29, 0.717) is 18.5 Å². The Balaban J connectivity index is 2.27. The monoisotopic (exact) mass is 1060 g/mol. The third-order valence-electron chi connectivity index (χ3n) is 10.9. The fraction of sp³-hybridized carbons (Fsp3) is 0.545. The normalized spacial score (nSPS) is 15.0. The highest BCUT2D eigenvalue weighted by molar-refractivity contribution is 5.99. The molecule has 0 bridgehead atoms. The maximum Gasteiger partial charge on any atom is 0.326 e. The number of nitrogens with two attached hydrogens (primary N) is 4. The molecule has 1 heterocycles. The van der Waals surface area contributed by atoms with Crippen molar-refractivity contribution in [1.29, 1.82) is 0 Å². The maximum absolute atomic E-state index is 14.0. The topological polar surface area (TPSA) is 533 Å². The standard InChI is InChI=1S/C44H69N15O16/c1-21(35(66)53-27(6-3-4-12-45)37(68)54-28(43(74)75)7-5-13-50-44(47)48)52-38(69)30(16-33(64)65)56-39(70)29(14-23-8-10-25(63)11-9-23)55-40(71)31(18-60)57-41(72)32(19-61)58-42(73)34(22(2)62)59-36(67)26(46)15-24-17-49-20-51-24/h8-11,17,20-22,26-32,34,60-63H,3-7,12-16,18-19,45-46H2,1-2H3,(H,49,51)(H,52,69)(H,53,66)(H,54,68)(H,55,71)(H,56,70)(H,57,72)(H,58,73)(H,59,67)(H,64,65)(H,74,75)(H4,47,48,50)/t21-,22+,26-,27-,28-,29-,30-,31-,32-,34-/m0/s1. The second kappa shape index (κ2) is 32.2. The zero-order chi connectivity index (χ0) is 56.4. The molecule has 2 rings (SSSR count). The average Bonchev–Trinajstić information content (AvgIpc) is 3.87. The van der Waals surface area contributed by atoms with Gasteiger partial charge in [0.15, 0.2) is 5.96 Å². The predicted molar refractivity (Wildman–Crippen MR) is 262 cm³/mol. The Morgan fingerprint density at radius 1 is 0.640 bits per heavy atom. The van der Waals surface area contributed by atoms with Crippen LogP contribution in [0.3, 0.4) is 0 Å². The number of carbonyl (C=O) groups excluding carboxylic acids is 8. The van der Waals surface area contributed by atoms with E-state index in [-0.39, 0.29) is 56.0 Å². The van der Waals surface area contributed by atoms with E-state index < -0.39 is 146 Å². The summed E-state index contributed by atoms with van der Waals surface area (Å²) in [7, 11) is 0. The van der Waals surface area contributed by atoms with Gasteiger partial charge in [0.05, 0.1) is 38.1 Å². The van der Waals surface area contributed by atoms with Gasteiger partial charge >= 0.3 is 11.9 Å². The number of aliphatic hydroxyl groups is 3. The minimum absolute atomic E-state index is 0.0169. The number of nitrogens with zero attached hydrogens (tertiary/aromatic N) is 2. The number of H-pyrrole nitrogens is 1. The van der Waals surface area contributed by atoms with Crippen molar-refractivity contribution in [3.63, 3.8) is 0 Å². The minimum atomic E-state index is -1.95. The molecule has 0 aliphatic carbocycles. The number of guanidine groups is 1. The van der Waals surface area contributed by atoms with Crippen LogP contribution >= 0.6 is 0 Å². The van der Waals surface area contributed by atoms with Crippen LogP contribution in [0, 0.1) is 0 Å². The van der Waals surface area contributed by atoms with Gasteiger partial charge in [-0.1, -0.05) is 12.1 Å². The molecule has 23 N–H and O–H groups in total. The van der Waals surface area contributed by atoms with Crippen molar-refractivity contribution < 1.29 is 78.6 Å². The number of amides is 8. The highest BCUT2D eigenvalue weighted by Crippen LogP contribution is 2.13. The van der Waals surface area contributed by atoms with Gasteiger partial charge in [0, 0.05) is 31.3 Å². The molecular formula is C44H69N15O16. The molecule has 0 aliphatic heterocycles. The number of aromatic amines is 1. The van der Waals surface area contributed by atoms with Gasteiger partial charge in [-0.2, -0.15) is 0 Å². The highest BCUT2D eigenvalue weighted by Gasteiger charge is 2.36. The van der Waals surface area contributed by atoms with Gasteiger partial charge < -0.3 is 101 Å². The number of aliphatic hydroxyl groups excluding tert-OH is 3. The van der Waals surface area contributed by atoms with Crippen molar-refractivity contribution in [2.45, 2.75) is 126 Å². The van der Waals surface area contributed by atoms with Crippen LogP contribution < -0.4 is 65.5 Å². The van der Waals surface area contributed by atoms with Crippen LogP contribution in [0.4, 0.5) is 0 Å². The molecule has 2 aromatic rings. The van der Waals surface area contributed by atoms with Gasteiger partial charge in [-0.15, -0.1) is 0 Å². The average molecular weight is 1060 g/mol. The molecule has 0 radical (unpaired) electrons. The number of imidazole rings is 1. The predicted octanol–water partition coefficient (Wildman–Crippen LogP) is -7.77. The first-order valence-corrected chi connectivity index (χ1v) is 23.4. The van der Waals surface area contributed by atoms with Gasteiger partial charge in [0.25, 0.3) is 0 Å². The van der Waals surface area contributed by atoms with Crippen LogP contribution in [0.5, 0.6) is 5.75 Å². The van der Waals surface area contributed by atoms with Gasteiger partial charge in [0.1, 0.15) is 54.1 Å². The number of aliphatic imine (C=N–C) groups is 1. The lowest BCUT2D eigenvalue weighted by atomic mass is 10.0. The van der Waals surface area contributed by atoms with Crippen LogP contribution in [-0.4, -0.2) is 193 Å². The zero-order valence-electron chi connectivity index (χ0n) is 41.2. The number of rotatable bonds is 34. The van der Waals surface area contributed by atoms with Crippen LogP contribution in [0.15, 0.2) is 41.8 Å². The summed E-state index contributed by atoms with van der Waals surface area (Å²) in [5, 5.41) is 77.8. The molecule has 31 nitrogen and oxygen atoms in total. The quantitative estimate of drug-likeness (QED) is 0.0176. The number of aliphatic carboxylic acids is 2. The third kappa shape index (κ3) is 22.8. The number of phenolic OH excluding ortho intramolecular Hbond substituents is 1. The Labute approximate surface area is 429 Å². The number of unbranched alkanes of at least 4 members (excludes halogenated alkanes) is 1. The van der Waals surface area contributed by atoms with Gasteiger partial charge in [-0.05, 0) is 70.2 Å². The summed E-state index contributed by atoms with van der Waals surface area (Å²) in [6, 6.07) is -9.51. The van der Waals surface area contributed by atoms with E-state index in [1.165, 1.54) is 43.7 Å². The lowest BCUT2D eigenvalue weighted by Gasteiger charge is -2.27. The van der Waals surface area contributed by atoms with E-state index in [1.807, 2.05) is 0 Å². The van der Waals surface area contributed by atoms with Crippen molar-refractivity contribution in [3.05, 3.63) is 48.0 Å². The summed E-state index contributed by atoms with van der Waals surface area (Å²) in [4.78, 5) is 142. The van der Waals surface area contributed by atoms with Crippen LogP contribution in [0.1, 0.15) is 63.6 Å². The highest BCUT2D eigenvalue weighted by atomic mass is 16.4. The number of hydrogen-bond acceptors (Lipinski definition) is 18. The SMILES string of the molecule is C[C@H](NC(=O)[C@H](CC(=O)O)NC(=O)[C@H](Cc1ccc(O)cc1)NC(=O)[C@H](CO)NC(=O)[C@H](CO)NC(=O)[C@@H](NC(=O)[C@@H](N)Cc1cnc[nH]1)[C@@H](C)O)C(=O)N[C@@H](CCCCN)C(=O)N[C@@H](CCCN=C(N)N)C(=O)O. The second-order valence-corrected chi connectivity index (χ2v) is 17.1. The number of aromatic hydroxyl groups is 1. The fourth-order valence-corrected chi connectivity index (χ4v) is 6.79. The fourth-order valence-electron chi connectivity index (χ4n) is 6.79. The zero-order valence-corrected chi connectivity index (χ0v) is 41.2. The molecule has 0 aliphatic rings. The van der Waals surface area contributed by atoms with Crippen LogP contribution in [0.25, 0.3) is 0 Å². The Morgan fingerprint density at radius 2 is 1.16 bits per heavy atom. The molecule has 0 saturated heterocycles. The molecule has 1 aromatic heterocycles. The number of benzene rings is 1. The van der Waals surface area contributed by atoms with Crippen molar-refractivity contribution >= 4 is 65.2 Å². The summed E-state index contributed by atoms with van der Waals surface area (Å²) in [5.41, 5.74) is 22.9. The lowest BCUT2D eigenvalue weighted by Crippen LogP contribution is -2.62. The molecule has 1 aromatic carbocycles. The number of carboxylic acids is 2. The summed E-state index contributed by atoms with van der Waals surface area (Å²) in [5.74, 6) is -12.3.